The molecular formula is C22H31NO4. The van der Waals surface area contributed by atoms with Crippen molar-refractivity contribution in [1.29, 1.82) is 0 Å². The number of benzene rings is 1. The van der Waals surface area contributed by atoms with Crippen LogP contribution in [0.4, 0.5) is 0 Å². The van der Waals surface area contributed by atoms with Gasteiger partial charge in [0.2, 0.25) is 5.91 Å². The number of carboxylic acids is 1. The average molecular weight is 373 g/mol. The molecular weight excluding hydrogens is 342 g/mol. The van der Waals surface area contributed by atoms with Crippen molar-refractivity contribution in [3.05, 3.63) is 48.0 Å². The lowest BCUT2D eigenvalue weighted by Crippen LogP contribution is -2.44. The van der Waals surface area contributed by atoms with E-state index in [0.29, 0.717) is 32.2 Å². The summed E-state index contributed by atoms with van der Waals surface area (Å²) in [6.07, 6.45) is 9.69. The Kier molecular flexibility index (Phi) is 9.05. The number of nitrogens with zero attached hydrogens (tertiary/aromatic N) is 1. The summed E-state index contributed by atoms with van der Waals surface area (Å²) in [5, 5.41) is 19.0. The topological polar surface area (TPSA) is 77.8 Å². The smallest absolute Gasteiger partial charge is 0.303 e. The molecule has 1 aromatic carbocycles. The van der Waals surface area contributed by atoms with Gasteiger partial charge in [0.05, 0.1) is 6.10 Å². The molecule has 27 heavy (non-hydrogen) atoms. The number of hydrogen-bond acceptors (Lipinski definition) is 3. The van der Waals surface area contributed by atoms with Crippen LogP contribution in [0.3, 0.4) is 0 Å². The Hall–Kier alpha value is -2.14. The minimum Gasteiger partial charge on any atom is -0.481 e. The number of aliphatic hydroxyl groups excluding tert-OH is 1. The summed E-state index contributed by atoms with van der Waals surface area (Å²) in [5.41, 5.74) is 1.13. The van der Waals surface area contributed by atoms with Crippen molar-refractivity contribution in [3.8, 4) is 0 Å². The Balaban J connectivity index is 1.77. The number of aliphatic hydroxyl groups is 1. The van der Waals surface area contributed by atoms with Gasteiger partial charge in [0, 0.05) is 25.4 Å². The summed E-state index contributed by atoms with van der Waals surface area (Å²) >= 11 is 0. The van der Waals surface area contributed by atoms with Gasteiger partial charge in [-0.05, 0) is 50.5 Å². The number of allylic oxidation sites excluding steroid dienone is 1. The van der Waals surface area contributed by atoms with Crippen molar-refractivity contribution in [1.82, 2.24) is 4.90 Å². The van der Waals surface area contributed by atoms with Gasteiger partial charge in [0.25, 0.3) is 0 Å². The molecule has 0 bridgehead atoms. The zero-order valence-corrected chi connectivity index (χ0v) is 15.9. The normalized spacial score (nSPS) is 18.8. The number of amides is 1. The van der Waals surface area contributed by atoms with E-state index < -0.39 is 12.1 Å². The maximum atomic E-state index is 12.3. The number of piperidine rings is 1. The highest BCUT2D eigenvalue weighted by atomic mass is 16.4. The minimum absolute atomic E-state index is 0.176. The van der Waals surface area contributed by atoms with Gasteiger partial charge in [-0.2, -0.15) is 0 Å². The van der Waals surface area contributed by atoms with Crippen LogP contribution in [-0.4, -0.2) is 45.7 Å². The minimum atomic E-state index is -0.774. The van der Waals surface area contributed by atoms with Crippen LogP contribution in [0, 0.1) is 0 Å². The number of aliphatic carboxylic acids is 1. The number of carboxylic acid groups (broad SMARTS) is 1. The number of unbranched alkanes of at least 4 members (excludes halogenated alkanes) is 1. The molecule has 0 aliphatic carbocycles. The van der Waals surface area contributed by atoms with Crippen molar-refractivity contribution in [2.24, 2.45) is 0 Å². The lowest BCUT2D eigenvalue weighted by Gasteiger charge is -2.35. The zero-order valence-electron chi connectivity index (χ0n) is 15.9. The molecule has 1 saturated heterocycles. The highest BCUT2D eigenvalue weighted by Crippen LogP contribution is 2.23. The predicted molar refractivity (Wildman–Crippen MR) is 105 cm³/mol. The Labute approximate surface area is 161 Å². The molecule has 2 atom stereocenters. The van der Waals surface area contributed by atoms with E-state index in [-0.39, 0.29) is 18.4 Å². The lowest BCUT2D eigenvalue weighted by atomic mass is 9.94. The Bertz CT molecular complexity index is 614. The molecule has 1 amide bonds. The molecule has 0 saturated carbocycles. The van der Waals surface area contributed by atoms with Gasteiger partial charge < -0.3 is 15.1 Å². The summed E-state index contributed by atoms with van der Waals surface area (Å²) < 4.78 is 0. The van der Waals surface area contributed by atoms with E-state index in [1.807, 2.05) is 47.4 Å². The third kappa shape index (κ3) is 7.95. The average Bonchev–Trinajstić information content (AvgIpc) is 2.65. The van der Waals surface area contributed by atoms with Crippen LogP contribution in [0.2, 0.25) is 0 Å². The van der Waals surface area contributed by atoms with Crippen LogP contribution < -0.4 is 0 Å². The van der Waals surface area contributed by atoms with E-state index in [9.17, 15) is 14.7 Å². The maximum absolute atomic E-state index is 12.3. The SMILES string of the molecule is O=C(O)CCCC=CCN1C(=O)CCC[C@@H]1CCC(O)Cc1ccccc1. The molecule has 5 nitrogen and oxygen atoms in total. The molecule has 1 aliphatic rings. The fourth-order valence-electron chi connectivity index (χ4n) is 3.59. The van der Waals surface area contributed by atoms with Crippen LogP contribution in [0.25, 0.3) is 0 Å². The van der Waals surface area contributed by atoms with Crippen LogP contribution in [0.5, 0.6) is 0 Å². The van der Waals surface area contributed by atoms with E-state index in [1.165, 1.54) is 0 Å². The lowest BCUT2D eigenvalue weighted by molar-refractivity contribution is -0.137. The highest BCUT2D eigenvalue weighted by molar-refractivity contribution is 5.77. The molecule has 2 N–H and O–H groups in total. The fourth-order valence-corrected chi connectivity index (χ4v) is 3.59. The third-order valence-electron chi connectivity index (χ3n) is 5.07. The summed E-state index contributed by atoms with van der Waals surface area (Å²) in [4.78, 5) is 24.7. The van der Waals surface area contributed by atoms with Gasteiger partial charge in [-0.1, -0.05) is 42.5 Å². The van der Waals surface area contributed by atoms with Crippen LogP contribution >= 0.6 is 0 Å². The van der Waals surface area contributed by atoms with E-state index >= 15 is 0 Å². The second-order valence-corrected chi connectivity index (χ2v) is 7.27. The zero-order chi connectivity index (χ0) is 19.5. The van der Waals surface area contributed by atoms with E-state index in [1.54, 1.807) is 0 Å². The first-order chi connectivity index (χ1) is 13.1. The number of carbonyl (C=O) groups is 2. The number of likely N-dealkylation sites (tertiary alicyclic amines) is 1. The molecule has 1 unspecified atom stereocenters. The van der Waals surface area contributed by atoms with Crippen molar-refractivity contribution in [3.63, 3.8) is 0 Å². The quantitative estimate of drug-likeness (QED) is 0.459. The van der Waals surface area contributed by atoms with Crippen molar-refractivity contribution in [2.45, 2.75) is 69.9 Å². The second kappa shape index (κ2) is 11.5. The molecule has 0 radical (unpaired) electrons. The third-order valence-corrected chi connectivity index (χ3v) is 5.07. The van der Waals surface area contributed by atoms with E-state index in [4.69, 9.17) is 5.11 Å². The van der Waals surface area contributed by atoms with Crippen molar-refractivity contribution >= 4 is 11.9 Å². The molecule has 5 heteroatoms. The first-order valence-corrected chi connectivity index (χ1v) is 9.94. The first-order valence-electron chi connectivity index (χ1n) is 9.94. The Morgan fingerprint density at radius 2 is 2.04 bits per heavy atom. The molecule has 1 aromatic rings. The van der Waals surface area contributed by atoms with Crippen LogP contribution in [0.1, 0.15) is 56.9 Å². The highest BCUT2D eigenvalue weighted by Gasteiger charge is 2.27. The largest absolute Gasteiger partial charge is 0.481 e. The molecule has 1 aliphatic heterocycles. The van der Waals surface area contributed by atoms with Gasteiger partial charge >= 0.3 is 5.97 Å². The van der Waals surface area contributed by atoms with Crippen molar-refractivity contribution < 1.29 is 19.8 Å². The van der Waals surface area contributed by atoms with Crippen LogP contribution in [-0.2, 0) is 16.0 Å². The number of rotatable bonds is 11. The van der Waals surface area contributed by atoms with Gasteiger partial charge in [-0.15, -0.1) is 0 Å². The van der Waals surface area contributed by atoms with Crippen LogP contribution in [0.15, 0.2) is 42.5 Å². The van der Waals surface area contributed by atoms with E-state index in [2.05, 4.69) is 0 Å². The maximum Gasteiger partial charge on any atom is 0.303 e. The first kappa shape index (κ1) is 21.2. The molecule has 0 aromatic heterocycles. The molecule has 0 spiro atoms. The number of carbonyl (C=O) groups excluding carboxylic acids is 1. The summed E-state index contributed by atoms with van der Waals surface area (Å²) in [6, 6.07) is 10.2. The molecule has 1 heterocycles. The molecule has 148 valence electrons. The standard InChI is InChI=1S/C22H31NO4/c24-20(17-18-9-4-3-5-10-18)15-14-19-11-8-12-21(25)23(19)16-7-2-1-6-13-22(26)27/h2-5,7,9-10,19-20,24H,1,6,8,11-17H2,(H,26,27)/t19-,20?/m1/s1. The Morgan fingerprint density at radius 1 is 1.26 bits per heavy atom. The fraction of sp³-hybridized carbons (Fsp3) is 0.545. The monoisotopic (exact) mass is 373 g/mol. The second-order valence-electron chi connectivity index (χ2n) is 7.27. The van der Waals surface area contributed by atoms with Gasteiger partial charge in [-0.25, -0.2) is 0 Å². The Morgan fingerprint density at radius 3 is 2.78 bits per heavy atom. The van der Waals surface area contributed by atoms with E-state index in [0.717, 1.165) is 31.2 Å². The predicted octanol–water partition coefficient (Wildman–Crippen LogP) is 3.56. The molecule has 1 fully saturated rings. The van der Waals surface area contributed by atoms with Gasteiger partial charge in [-0.3, -0.25) is 9.59 Å². The summed E-state index contributed by atoms with van der Waals surface area (Å²) in [6.45, 7) is 0.575. The molecule has 2 rings (SSSR count). The summed E-state index contributed by atoms with van der Waals surface area (Å²) in [7, 11) is 0. The van der Waals surface area contributed by atoms with Crippen molar-refractivity contribution in [2.75, 3.05) is 6.54 Å². The van der Waals surface area contributed by atoms with Gasteiger partial charge in [0.15, 0.2) is 0 Å². The number of hydrogen-bond donors (Lipinski definition) is 2. The summed E-state index contributed by atoms with van der Waals surface area (Å²) in [5.74, 6) is -0.595. The van der Waals surface area contributed by atoms with Gasteiger partial charge in [0.1, 0.15) is 0 Å².